The molecule has 5 unspecified atom stereocenters. The highest BCUT2D eigenvalue weighted by molar-refractivity contribution is 5.12. The molecule has 0 aliphatic heterocycles. The van der Waals surface area contributed by atoms with Gasteiger partial charge < -0.3 is 5.32 Å². The second-order valence-corrected chi connectivity index (χ2v) is 10.1. The first-order valence-electron chi connectivity index (χ1n) is 8.88. The molecule has 1 nitrogen and oxygen atoms in total. The van der Waals surface area contributed by atoms with E-state index in [9.17, 15) is 0 Å². The molecule has 0 aromatic carbocycles. The molecule has 3 saturated carbocycles. The Balaban J connectivity index is 1.74. The fourth-order valence-corrected chi connectivity index (χ4v) is 6.43. The first-order chi connectivity index (χ1) is 9.12. The summed E-state index contributed by atoms with van der Waals surface area (Å²) in [6.45, 7) is 15.0. The zero-order valence-electron chi connectivity index (χ0n) is 14.6. The minimum Gasteiger partial charge on any atom is -0.310 e. The highest BCUT2D eigenvalue weighted by Crippen LogP contribution is 2.62. The summed E-state index contributed by atoms with van der Waals surface area (Å²) in [5, 5.41) is 4.17. The minimum atomic E-state index is 0.498. The Hall–Kier alpha value is -0.0400. The number of hydrogen-bond donors (Lipinski definition) is 1. The summed E-state index contributed by atoms with van der Waals surface area (Å²) in [4.78, 5) is 0. The molecule has 3 rings (SSSR count). The van der Waals surface area contributed by atoms with Crippen LogP contribution < -0.4 is 5.32 Å². The molecule has 0 saturated heterocycles. The van der Waals surface area contributed by atoms with Gasteiger partial charge in [-0.1, -0.05) is 41.5 Å². The molecule has 116 valence electrons. The fraction of sp³-hybridized carbons (Fsp3) is 1.00. The van der Waals surface area contributed by atoms with Crippen molar-refractivity contribution >= 4 is 0 Å². The molecule has 0 spiro atoms. The van der Waals surface area contributed by atoms with Crippen LogP contribution in [0.5, 0.6) is 0 Å². The van der Waals surface area contributed by atoms with Gasteiger partial charge in [0.2, 0.25) is 0 Å². The number of hydrogen-bond acceptors (Lipinski definition) is 1. The van der Waals surface area contributed by atoms with Crippen molar-refractivity contribution in [3.05, 3.63) is 0 Å². The van der Waals surface area contributed by atoms with Gasteiger partial charge in [-0.15, -0.1) is 0 Å². The SMILES string of the molecule is CC1CC(NC2C3(C)CCC(C3)C2(C)C)CC(C)(C)C1. The van der Waals surface area contributed by atoms with E-state index in [4.69, 9.17) is 0 Å². The predicted molar refractivity (Wildman–Crippen MR) is 86.7 cm³/mol. The van der Waals surface area contributed by atoms with Crippen molar-refractivity contribution in [1.82, 2.24) is 5.32 Å². The second-order valence-electron chi connectivity index (χ2n) is 10.1. The molecular weight excluding hydrogens is 242 g/mol. The highest BCUT2D eigenvalue weighted by atomic mass is 15.0. The van der Waals surface area contributed by atoms with Crippen LogP contribution in [0.1, 0.15) is 80.1 Å². The largest absolute Gasteiger partial charge is 0.310 e. The van der Waals surface area contributed by atoms with Gasteiger partial charge in [-0.05, 0) is 66.6 Å². The molecule has 5 atom stereocenters. The van der Waals surface area contributed by atoms with Crippen molar-refractivity contribution in [1.29, 1.82) is 0 Å². The Morgan fingerprint density at radius 3 is 2.20 bits per heavy atom. The van der Waals surface area contributed by atoms with Crippen LogP contribution in [0.3, 0.4) is 0 Å². The van der Waals surface area contributed by atoms with E-state index in [1.165, 1.54) is 38.5 Å². The zero-order chi connectivity index (χ0) is 14.8. The van der Waals surface area contributed by atoms with Crippen LogP contribution in [0.25, 0.3) is 0 Å². The van der Waals surface area contributed by atoms with E-state index in [1.807, 2.05) is 0 Å². The zero-order valence-corrected chi connectivity index (χ0v) is 14.6. The molecule has 3 aliphatic carbocycles. The standard InChI is InChI=1S/C19H35N/c1-13-9-15(12-17(2,3)10-13)20-16-18(4,5)14-7-8-19(16,6)11-14/h13-16,20H,7-12H2,1-6H3. The average molecular weight is 277 g/mol. The smallest absolute Gasteiger partial charge is 0.0177 e. The Labute approximate surface area is 126 Å². The van der Waals surface area contributed by atoms with Crippen LogP contribution in [0.4, 0.5) is 0 Å². The lowest BCUT2D eigenvalue weighted by atomic mass is 9.66. The summed E-state index contributed by atoms with van der Waals surface area (Å²) in [5.74, 6) is 1.84. The topological polar surface area (TPSA) is 12.0 Å². The van der Waals surface area contributed by atoms with Crippen molar-refractivity contribution in [2.75, 3.05) is 0 Å². The molecule has 1 N–H and O–H groups in total. The van der Waals surface area contributed by atoms with Crippen molar-refractivity contribution in [3.63, 3.8) is 0 Å². The maximum absolute atomic E-state index is 4.17. The van der Waals surface area contributed by atoms with E-state index in [1.54, 1.807) is 0 Å². The average Bonchev–Trinajstić information content (AvgIpc) is 2.73. The van der Waals surface area contributed by atoms with Crippen LogP contribution in [-0.2, 0) is 0 Å². The van der Waals surface area contributed by atoms with E-state index >= 15 is 0 Å². The quantitative estimate of drug-likeness (QED) is 0.748. The van der Waals surface area contributed by atoms with Gasteiger partial charge in [0, 0.05) is 12.1 Å². The number of fused-ring (bicyclic) bond motifs is 2. The summed E-state index contributed by atoms with van der Waals surface area (Å²) in [7, 11) is 0. The van der Waals surface area contributed by atoms with Crippen LogP contribution in [0.15, 0.2) is 0 Å². The van der Waals surface area contributed by atoms with Gasteiger partial charge >= 0.3 is 0 Å². The maximum Gasteiger partial charge on any atom is 0.0177 e. The van der Waals surface area contributed by atoms with Crippen molar-refractivity contribution in [2.24, 2.45) is 28.1 Å². The number of nitrogens with one attached hydrogen (secondary N) is 1. The Morgan fingerprint density at radius 2 is 1.65 bits per heavy atom. The Morgan fingerprint density at radius 1 is 0.950 bits per heavy atom. The third kappa shape index (κ3) is 2.34. The molecule has 0 amide bonds. The summed E-state index contributed by atoms with van der Waals surface area (Å²) in [6, 6.07) is 1.48. The van der Waals surface area contributed by atoms with E-state index < -0.39 is 0 Å². The third-order valence-electron chi connectivity index (χ3n) is 7.06. The first kappa shape index (κ1) is 14.9. The van der Waals surface area contributed by atoms with E-state index in [-0.39, 0.29) is 0 Å². The molecule has 3 fully saturated rings. The van der Waals surface area contributed by atoms with Crippen LogP contribution in [0, 0.1) is 28.1 Å². The molecule has 0 radical (unpaired) electrons. The van der Waals surface area contributed by atoms with Crippen LogP contribution in [-0.4, -0.2) is 12.1 Å². The molecule has 0 aromatic heterocycles. The molecule has 3 aliphatic rings. The molecule has 1 heteroatoms. The monoisotopic (exact) mass is 277 g/mol. The van der Waals surface area contributed by atoms with E-state index in [0.717, 1.165) is 23.9 Å². The van der Waals surface area contributed by atoms with Gasteiger partial charge in [-0.3, -0.25) is 0 Å². The van der Waals surface area contributed by atoms with Gasteiger partial charge in [0.25, 0.3) is 0 Å². The van der Waals surface area contributed by atoms with Crippen molar-refractivity contribution in [3.8, 4) is 0 Å². The molecule has 0 heterocycles. The van der Waals surface area contributed by atoms with Crippen molar-refractivity contribution < 1.29 is 0 Å². The Kier molecular flexibility index (Phi) is 3.33. The summed E-state index contributed by atoms with van der Waals surface area (Å²) >= 11 is 0. The summed E-state index contributed by atoms with van der Waals surface area (Å²) in [5.41, 5.74) is 1.59. The van der Waals surface area contributed by atoms with Crippen molar-refractivity contribution in [2.45, 2.75) is 92.2 Å². The lowest BCUT2D eigenvalue weighted by Crippen LogP contribution is -2.55. The van der Waals surface area contributed by atoms with Gasteiger partial charge in [0.1, 0.15) is 0 Å². The van der Waals surface area contributed by atoms with Gasteiger partial charge in [0.15, 0.2) is 0 Å². The second kappa shape index (κ2) is 4.48. The lowest BCUT2D eigenvalue weighted by Gasteiger charge is -2.48. The van der Waals surface area contributed by atoms with Crippen LogP contribution >= 0.6 is 0 Å². The third-order valence-corrected chi connectivity index (χ3v) is 7.06. The fourth-order valence-electron chi connectivity index (χ4n) is 6.43. The molecule has 20 heavy (non-hydrogen) atoms. The van der Waals surface area contributed by atoms with Gasteiger partial charge in [0.05, 0.1) is 0 Å². The van der Waals surface area contributed by atoms with Gasteiger partial charge in [-0.25, -0.2) is 0 Å². The molecular formula is C19H35N. The number of rotatable bonds is 2. The maximum atomic E-state index is 4.17. The first-order valence-corrected chi connectivity index (χ1v) is 8.88. The predicted octanol–water partition coefficient (Wildman–Crippen LogP) is 5.01. The molecule has 0 aromatic rings. The minimum absolute atomic E-state index is 0.498. The summed E-state index contributed by atoms with van der Waals surface area (Å²) < 4.78 is 0. The normalized spacial score (nSPS) is 49.5. The van der Waals surface area contributed by atoms with E-state index in [0.29, 0.717) is 16.2 Å². The Bertz CT molecular complexity index is 378. The lowest BCUT2D eigenvalue weighted by molar-refractivity contribution is 0.0679. The molecule has 2 bridgehead atoms. The van der Waals surface area contributed by atoms with Gasteiger partial charge in [-0.2, -0.15) is 0 Å². The van der Waals surface area contributed by atoms with Crippen LogP contribution in [0.2, 0.25) is 0 Å². The van der Waals surface area contributed by atoms with E-state index in [2.05, 4.69) is 46.9 Å². The summed E-state index contributed by atoms with van der Waals surface area (Å²) in [6.07, 6.45) is 8.53. The highest BCUT2D eigenvalue weighted by Gasteiger charge is 2.59.